The molecule has 2 aromatic rings. The fourth-order valence-electron chi connectivity index (χ4n) is 2.20. The Kier molecular flexibility index (Phi) is 7.63. The third-order valence-corrected chi connectivity index (χ3v) is 3.95. The largest absolute Gasteiger partial charge is 0.500 e. The van der Waals surface area contributed by atoms with Crippen LogP contribution in [0.4, 0.5) is 11.4 Å². The third-order valence-electron chi connectivity index (χ3n) is 3.45. The van der Waals surface area contributed by atoms with E-state index in [-0.39, 0.29) is 29.4 Å². The van der Waals surface area contributed by atoms with Crippen LogP contribution >= 0.6 is 15.9 Å². The van der Waals surface area contributed by atoms with E-state index in [9.17, 15) is 30.1 Å². The van der Waals surface area contributed by atoms with Crippen molar-refractivity contribution in [2.24, 2.45) is 5.10 Å². The normalized spacial score (nSPS) is 10.6. The number of amides is 1. The highest BCUT2D eigenvalue weighted by molar-refractivity contribution is 9.10. The van der Waals surface area contributed by atoms with E-state index < -0.39 is 33.8 Å². The van der Waals surface area contributed by atoms with Crippen molar-refractivity contribution < 1.29 is 29.2 Å². The molecule has 0 heterocycles. The summed E-state index contributed by atoms with van der Waals surface area (Å²) in [6.45, 7) is 1.25. The molecule has 0 unspecified atom stereocenters. The van der Waals surface area contributed by atoms with Crippen LogP contribution < -0.4 is 14.9 Å². The average molecular weight is 483 g/mol. The molecule has 0 radical (unpaired) electrons. The minimum absolute atomic E-state index is 0.0992. The number of aromatic hydroxyl groups is 1. The van der Waals surface area contributed by atoms with Crippen LogP contribution in [-0.4, -0.2) is 40.3 Å². The van der Waals surface area contributed by atoms with Gasteiger partial charge in [0.15, 0.2) is 18.1 Å². The van der Waals surface area contributed by atoms with Gasteiger partial charge < -0.3 is 14.6 Å². The molecule has 0 aliphatic carbocycles. The van der Waals surface area contributed by atoms with Gasteiger partial charge in [0.05, 0.1) is 22.7 Å². The Morgan fingerprint density at radius 3 is 2.50 bits per heavy atom. The van der Waals surface area contributed by atoms with Crippen molar-refractivity contribution in [2.45, 2.75) is 6.92 Å². The summed E-state index contributed by atoms with van der Waals surface area (Å²) >= 11 is 3.11. The van der Waals surface area contributed by atoms with Gasteiger partial charge in [-0.2, -0.15) is 5.10 Å². The van der Waals surface area contributed by atoms with Crippen LogP contribution in [0.3, 0.4) is 0 Å². The molecule has 13 heteroatoms. The van der Waals surface area contributed by atoms with Gasteiger partial charge in [0, 0.05) is 22.2 Å². The fraction of sp³-hybridized carbons (Fsp3) is 0.176. The van der Waals surface area contributed by atoms with Crippen LogP contribution in [0, 0.1) is 20.2 Å². The molecule has 0 fully saturated rings. The van der Waals surface area contributed by atoms with E-state index in [0.29, 0.717) is 4.47 Å². The van der Waals surface area contributed by atoms with Gasteiger partial charge in [-0.1, -0.05) is 15.9 Å². The first-order valence-electron chi connectivity index (χ1n) is 8.25. The molecule has 0 saturated heterocycles. The molecule has 1 amide bonds. The number of phenolic OH excluding ortho intramolecular Hbond substituents is 1. The monoisotopic (exact) mass is 482 g/mol. The summed E-state index contributed by atoms with van der Waals surface area (Å²) in [6, 6.07) is 6.45. The van der Waals surface area contributed by atoms with Crippen molar-refractivity contribution in [2.75, 3.05) is 13.2 Å². The summed E-state index contributed by atoms with van der Waals surface area (Å²) < 4.78 is 10.8. The summed E-state index contributed by atoms with van der Waals surface area (Å²) in [7, 11) is 0. The zero-order valence-corrected chi connectivity index (χ0v) is 17.0. The maximum absolute atomic E-state index is 11.9. The summed E-state index contributed by atoms with van der Waals surface area (Å²) in [5, 5.41) is 35.6. The minimum Gasteiger partial charge on any atom is -0.500 e. The van der Waals surface area contributed by atoms with Gasteiger partial charge in [-0.05, 0) is 25.1 Å². The van der Waals surface area contributed by atoms with Gasteiger partial charge in [0.2, 0.25) is 5.75 Å². The number of carbonyl (C=O) groups excluding carboxylic acids is 1. The number of halogens is 1. The van der Waals surface area contributed by atoms with E-state index in [4.69, 9.17) is 9.47 Å². The molecular weight excluding hydrogens is 468 g/mol. The highest BCUT2D eigenvalue weighted by Crippen LogP contribution is 2.36. The number of nitrogens with zero attached hydrogens (tertiary/aromatic N) is 3. The smallest absolute Gasteiger partial charge is 0.315 e. The van der Waals surface area contributed by atoms with Crippen LogP contribution in [0.2, 0.25) is 0 Å². The summed E-state index contributed by atoms with van der Waals surface area (Å²) in [4.78, 5) is 32.5. The van der Waals surface area contributed by atoms with Crippen LogP contribution in [0.5, 0.6) is 17.2 Å². The van der Waals surface area contributed by atoms with Crippen molar-refractivity contribution >= 4 is 39.4 Å². The third kappa shape index (κ3) is 5.88. The number of hydrazone groups is 1. The summed E-state index contributed by atoms with van der Waals surface area (Å²) in [5.74, 6) is -1.54. The molecule has 0 aliphatic rings. The van der Waals surface area contributed by atoms with Crippen LogP contribution in [-0.2, 0) is 4.79 Å². The maximum Gasteiger partial charge on any atom is 0.315 e. The van der Waals surface area contributed by atoms with Crippen molar-refractivity contribution in [3.05, 3.63) is 60.6 Å². The van der Waals surface area contributed by atoms with Gasteiger partial charge in [0.25, 0.3) is 5.91 Å². The van der Waals surface area contributed by atoms with E-state index in [2.05, 4.69) is 26.5 Å². The molecule has 0 spiro atoms. The Labute approximate surface area is 177 Å². The quantitative estimate of drug-likeness (QED) is 0.312. The van der Waals surface area contributed by atoms with Gasteiger partial charge in [-0.3, -0.25) is 25.0 Å². The Morgan fingerprint density at radius 1 is 1.17 bits per heavy atom. The lowest BCUT2D eigenvalue weighted by atomic mass is 10.2. The molecule has 2 aromatic carbocycles. The number of benzene rings is 2. The van der Waals surface area contributed by atoms with E-state index in [0.717, 1.165) is 12.3 Å². The molecule has 30 heavy (non-hydrogen) atoms. The Bertz CT molecular complexity index is 1010. The number of nitrogens with one attached hydrogen (secondary N) is 1. The molecular formula is C17H15BrN4O8. The van der Waals surface area contributed by atoms with Crippen LogP contribution in [0.1, 0.15) is 12.5 Å². The number of rotatable bonds is 9. The summed E-state index contributed by atoms with van der Waals surface area (Å²) in [5.41, 5.74) is 1.41. The average Bonchev–Trinajstić information content (AvgIpc) is 2.69. The first kappa shape index (κ1) is 22.5. The fourth-order valence-corrected chi connectivity index (χ4v) is 2.55. The van der Waals surface area contributed by atoms with Crippen molar-refractivity contribution in [1.82, 2.24) is 5.43 Å². The Balaban J connectivity index is 2.05. The standard InChI is InChI=1S/C17H15BrN4O8/c1-2-29-15-6-10(5-13(17(15)24)22(27)28)8-19-20-16(23)9-30-14-4-3-11(18)7-12(14)21(25)26/h3-8,24H,2,9H2,1H3,(H,20,23)/b19-8+. The zero-order chi connectivity index (χ0) is 22.3. The predicted octanol–water partition coefficient (Wildman–Crippen LogP) is 2.90. The highest BCUT2D eigenvalue weighted by Gasteiger charge is 2.20. The number of hydrogen-bond donors (Lipinski definition) is 2. The molecule has 2 rings (SSSR count). The number of nitro groups is 2. The maximum atomic E-state index is 11.9. The molecule has 0 aliphatic heterocycles. The number of carbonyl (C=O) groups is 1. The van der Waals surface area contributed by atoms with Crippen molar-refractivity contribution in [3.63, 3.8) is 0 Å². The number of hydrogen-bond acceptors (Lipinski definition) is 9. The molecule has 12 nitrogen and oxygen atoms in total. The van der Waals surface area contributed by atoms with Crippen LogP contribution in [0.25, 0.3) is 0 Å². The van der Waals surface area contributed by atoms with Crippen molar-refractivity contribution in [1.29, 1.82) is 0 Å². The molecule has 0 saturated carbocycles. The second-order valence-electron chi connectivity index (χ2n) is 5.53. The topological polar surface area (TPSA) is 166 Å². The van der Waals surface area contributed by atoms with E-state index in [1.54, 1.807) is 6.92 Å². The lowest BCUT2D eigenvalue weighted by Gasteiger charge is -2.07. The van der Waals surface area contributed by atoms with Crippen molar-refractivity contribution in [3.8, 4) is 17.2 Å². The lowest BCUT2D eigenvalue weighted by Crippen LogP contribution is -2.24. The van der Waals surface area contributed by atoms with Crippen LogP contribution in [0.15, 0.2) is 39.9 Å². The molecule has 2 N–H and O–H groups in total. The number of ether oxygens (including phenoxy) is 2. The first-order chi connectivity index (χ1) is 14.2. The Morgan fingerprint density at radius 2 is 1.87 bits per heavy atom. The minimum atomic E-state index is -0.785. The summed E-state index contributed by atoms with van der Waals surface area (Å²) in [6.07, 6.45) is 1.11. The van der Waals surface area contributed by atoms with Gasteiger partial charge in [-0.15, -0.1) is 0 Å². The molecule has 158 valence electrons. The molecule has 0 bridgehead atoms. The molecule has 0 aromatic heterocycles. The number of phenols is 1. The van der Waals surface area contributed by atoms with E-state index in [1.165, 1.54) is 24.3 Å². The van der Waals surface area contributed by atoms with Gasteiger partial charge in [-0.25, -0.2) is 5.43 Å². The highest BCUT2D eigenvalue weighted by atomic mass is 79.9. The predicted molar refractivity (Wildman–Crippen MR) is 108 cm³/mol. The number of nitro benzene ring substituents is 2. The second kappa shape index (κ2) is 10.2. The SMILES string of the molecule is CCOc1cc(/C=N/NC(=O)COc2ccc(Br)cc2[N+](=O)[O-])cc([N+](=O)[O-])c1O. The zero-order valence-electron chi connectivity index (χ0n) is 15.4. The van der Waals surface area contributed by atoms with Gasteiger partial charge in [0.1, 0.15) is 0 Å². The Hall–Kier alpha value is -3.74. The van der Waals surface area contributed by atoms with E-state index >= 15 is 0 Å². The lowest BCUT2D eigenvalue weighted by molar-refractivity contribution is -0.386. The molecule has 0 atom stereocenters. The second-order valence-corrected chi connectivity index (χ2v) is 6.44. The first-order valence-corrected chi connectivity index (χ1v) is 9.05. The van der Waals surface area contributed by atoms with E-state index in [1.807, 2.05) is 0 Å². The van der Waals surface area contributed by atoms with Gasteiger partial charge >= 0.3 is 11.4 Å².